The van der Waals surface area contributed by atoms with E-state index < -0.39 is 5.97 Å². The van der Waals surface area contributed by atoms with Gasteiger partial charge in [-0.2, -0.15) is 0 Å². The van der Waals surface area contributed by atoms with Crippen molar-refractivity contribution in [2.45, 2.75) is 46.5 Å². The lowest BCUT2D eigenvalue weighted by atomic mass is 9.68. The molecule has 4 heteroatoms. The van der Waals surface area contributed by atoms with Crippen LogP contribution in [-0.2, 0) is 5.41 Å². The molecule has 0 saturated heterocycles. The van der Waals surface area contributed by atoms with Gasteiger partial charge in [0.1, 0.15) is 0 Å². The third-order valence-corrected chi connectivity index (χ3v) is 5.32. The molecule has 1 amide bonds. The highest BCUT2D eigenvalue weighted by atomic mass is 16.4. The number of allylic oxidation sites excluding steroid dienone is 2. The van der Waals surface area contributed by atoms with Crippen LogP contribution in [0.5, 0.6) is 0 Å². The van der Waals surface area contributed by atoms with Gasteiger partial charge in [0.05, 0.1) is 5.56 Å². The van der Waals surface area contributed by atoms with E-state index >= 15 is 0 Å². The molecule has 0 heterocycles. The fourth-order valence-corrected chi connectivity index (χ4v) is 3.69. The number of nitrogens with one attached hydrogen (secondary N) is 1. The summed E-state index contributed by atoms with van der Waals surface area (Å²) in [6.07, 6.45) is 3.31. The number of fused-ring (bicyclic) bond motifs is 1. The number of carboxylic acid groups (broad SMARTS) is 1. The zero-order valence-electron chi connectivity index (χ0n) is 17.1. The lowest BCUT2D eigenvalue weighted by Gasteiger charge is -2.36. The molecule has 0 bridgehead atoms. The molecule has 2 N–H and O–H groups in total. The molecule has 28 heavy (non-hydrogen) atoms. The molecule has 4 nitrogen and oxygen atoms in total. The summed E-state index contributed by atoms with van der Waals surface area (Å²) in [6.45, 7) is 11.1. The van der Waals surface area contributed by atoms with Crippen LogP contribution in [0.1, 0.15) is 72.9 Å². The van der Waals surface area contributed by atoms with Crippen molar-refractivity contribution in [3.05, 3.63) is 70.8 Å². The standard InChI is InChI=1S/C24H27NO3/c1-23(2,3)19-12-13-24(4,5)20-11-10-17(14-18(19)20)25-21(26)15-6-8-16(9-7-15)22(27)28/h6-12,14H,13H2,1-5H3,(H,25,26)(H,27,28). The summed E-state index contributed by atoms with van der Waals surface area (Å²) in [5.41, 5.74) is 5.16. The fraction of sp³-hybridized carbons (Fsp3) is 0.333. The van der Waals surface area contributed by atoms with E-state index in [4.69, 9.17) is 5.11 Å². The maximum absolute atomic E-state index is 12.6. The summed E-state index contributed by atoms with van der Waals surface area (Å²) in [5.74, 6) is -1.26. The fourth-order valence-electron chi connectivity index (χ4n) is 3.69. The number of aromatic carboxylic acids is 1. The summed E-state index contributed by atoms with van der Waals surface area (Å²) in [5, 5.41) is 11.9. The number of rotatable bonds is 3. The first-order valence-corrected chi connectivity index (χ1v) is 9.49. The van der Waals surface area contributed by atoms with Crippen molar-refractivity contribution in [2.24, 2.45) is 5.41 Å². The quantitative estimate of drug-likeness (QED) is 0.716. The van der Waals surface area contributed by atoms with Crippen molar-refractivity contribution in [3.8, 4) is 0 Å². The second-order valence-corrected chi connectivity index (χ2v) is 9.05. The van der Waals surface area contributed by atoms with Gasteiger partial charge in [-0.1, -0.05) is 46.8 Å². The Labute approximate surface area is 166 Å². The van der Waals surface area contributed by atoms with Gasteiger partial charge in [-0.25, -0.2) is 4.79 Å². The van der Waals surface area contributed by atoms with Gasteiger partial charge in [-0.05, 0) is 70.3 Å². The molecule has 0 unspecified atom stereocenters. The van der Waals surface area contributed by atoms with E-state index in [1.807, 2.05) is 6.07 Å². The number of anilines is 1. The van der Waals surface area contributed by atoms with Gasteiger partial charge < -0.3 is 10.4 Å². The van der Waals surface area contributed by atoms with Gasteiger partial charge in [0.25, 0.3) is 5.91 Å². The molecule has 0 aliphatic heterocycles. The zero-order chi connectivity index (χ0) is 20.7. The summed E-state index contributed by atoms with van der Waals surface area (Å²) < 4.78 is 0. The van der Waals surface area contributed by atoms with Crippen LogP contribution >= 0.6 is 0 Å². The number of amides is 1. The van der Waals surface area contributed by atoms with Crippen molar-refractivity contribution in [1.29, 1.82) is 0 Å². The van der Waals surface area contributed by atoms with Crippen molar-refractivity contribution in [1.82, 2.24) is 0 Å². The number of hydrogen-bond acceptors (Lipinski definition) is 2. The van der Waals surface area contributed by atoms with Gasteiger partial charge in [0, 0.05) is 11.3 Å². The minimum atomic E-state index is -1.01. The predicted molar refractivity (Wildman–Crippen MR) is 113 cm³/mol. The van der Waals surface area contributed by atoms with Gasteiger partial charge in [0.15, 0.2) is 0 Å². The van der Waals surface area contributed by atoms with Crippen LogP contribution < -0.4 is 5.32 Å². The van der Waals surface area contributed by atoms with Gasteiger partial charge >= 0.3 is 5.97 Å². The number of carbonyl (C=O) groups is 2. The van der Waals surface area contributed by atoms with Crippen LogP contribution in [0, 0.1) is 5.41 Å². The minimum absolute atomic E-state index is 0.0144. The molecular formula is C24H27NO3. The first-order valence-electron chi connectivity index (χ1n) is 9.49. The lowest BCUT2D eigenvalue weighted by molar-refractivity contribution is 0.0696. The molecule has 0 saturated carbocycles. The van der Waals surface area contributed by atoms with Gasteiger partial charge in [-0.15, -0.1) is 0 Å². The van der Waals surface area contributed by atoms with E-state index in [9.17, 15) is 9.59 Å². The average molecular weight is 377 g/mol. The smallest absolute Gasteiger partial charge is 0.335 e. The molecule has 146 valence electrons. The molecule has 1 aliphatic carbocycles. The second kappa shape index (κ2) is 6.93. The monoisotopic (exact) mass is 377 g/mol. The highest BCUT2D eigenvalue weighted by Gasteiger charge is 2.32. The van der Waals surface area contributed by atoms with Crippen LogP contribution in [0.2, 0.25) is 0 Å². The molecule has 2 aromatic carbocycles. The Morgan fingerprint density at radius 1 is 1.00 bits per heavy atom. The maximum Gasteiger partial charge on any atom is 0.335 e. The Morgan fingerprint density at radius 2 is 1.61 bits per heavy atom. The summed E-state index contributed by atoms with van der Waals surface area (Å²) >= 11 is 0. The average Bonchev–Trinajstić information content (AvgIpc) is 2.60. The van der Waals surface area contributed by atoms with Gasteiger partial charge in [-0.3, -0.25) is 4.79 Å². The Hall–Kier alpha value is -2.88. The SMILES string of the molecule is CC(C)(C)C1=CCC(C)(C)c2ccc(NC(=O)c3ccc(C(=O)O)cc3)cc21. The number of hydrogen-bond donors (Lipinski definition) is 2. The number of carboxylic acids is 1. The molecular weight excluding hydrogens is 350 g/mol. The molecule has 0 atom stereocenters. The Balaban J connectivity index is 1.91. The van der Waals surface area contributed by atoms with E-state index in [2.05, 4.69) is 58.1 Å². The van der Waals surface area contributed by atoms with Gasteiger partial charge in [0.2, 0.25) is 0 Å². The van der Waals surface area contributed by atoms with Crippen LogP contribution in [0.15, 0.2) is 48.5 Å². The molecule has 0 aromatic heterocycles. The summed E-state index contributed by atoms with van der Waals surface area (Å²) in [7, 11) is 0. The third kappa shape index (κ3) is 3.86. The predicted octanol–water partition coefficient (Wildman–Crippen LogP) is 5.75. The van der Waals surface area contributed by atoms with E-state index in [1.165, 1.54) is 41.0 Å². The Morgan fingerprint density at radius 3 is 2.18 bits per heavy atom. The highest BCUT2D eigenvalue weighted by molar-refractivity contribution is 6.05. The van der Waals surface area contributed by atoms with E-state index in [0.29, 0.717) is 5.56 Å². The molecule has 0 radical (unpaired) electrons. The van der Waals surface area contributed by atoms with Crippen LogP contribution in [0.4, 0.5) is 5.69 Å². The molecule has 3 rings (SSSR count). The van der Waals surface area contributed by atoms with E-state index in [1.54, 1.807) is 0 Å². The van der Waals surface area contributed by atoms with Crippen molar-refractivity contribution in [2.75, 3.05) is 5.32 Å². The number of benzene rings is 2. The lowest BCUT2D eigenvalue weighted by Crippen LogP contribution is -2.25. The second-order valence-electron chi connectivity index (χ2n) is 9.05. The van der Waals surface area contributed by atoms with Crippen LogP contribution in [-0.4, -0.2) is 17.0 Å². The van der Waals surface area contributed by atoms with Crippen LogP contribution in [0.25, 0.3) is 5.57 Å². The maximum atomic E-state index is 12.6. The van der Waals surface area contributed by atoms with Crippen molar-refractivity contribution < 1.29 is 14.7 Å². The van der Waals surface area contributed by atoms with Crippen molar-refractivity contribution in [3.63, 3.8) is 0 Å². The summed E-state index contributed by atoms with van der Waals surface area (Å²) in [6, 6.07) is 12.0. The minimum Gasteiger partial charge on any atom is -0.478 e. The van der Waals surface area contributed by atoms with E-state index in [0.717, 1.165) is 12.1 Å². The van der Waals surface area contributed by atoms with E-state index in [-0.39, 0.29) is 22.3 Å². The third-order valence-electron chi connectivity index (χ3n) is 5.32. The first-order chi connectivity index (χ1) is 13.0. The normalized spacial score (nSPS) is 15.4. The van der Waals surface area contributed by atoms with Crippen molar-refractivity contribution >= 4 is 23.1 Å². The first kappa shape index (κ1) is 19.9. The number of carbonyl (C=O) groups excluding carboxylic acids is 1. The molecule has 2 aromatic rings. The summed E-state index contributed by atoms with van der Waals surface area (Å²) in [4.78, 5) is 23.6. The highest BCUT2D eigenvalue weighted by Crippen LogP contribution is 2.46. The Bertz CT molecular complexity index is 960. The topological polar surface area (TPSA) is 66.4 Å². The molecule has 0 spiro atoms. The largest absolute Gasteiger partial charge is 0.478 e. The Kier molecular flexibility index (Phi) is 4.92. The van der Waals surface area contributed by atoms with Crippen LogP contribution in [0.3, 0.4) is 0 Å². The molecule has 0 fully saturated rings. The zero-order valence-corrected chi connectivity index (χ0v) is 17.1. The molecule has 1 aliphatic rings.